The van der Waals surface area contributed by atoms with Crippen molar-refractivity contribution in [2.75, 3.05) is 18.1 Å². The van der Waals surface area contributed by atoms with E-state index in [0.29, 0.717) is 0 Å². The molecule has 0 aromatic heterocycles. The molecule has 0 radical (unpaired) electrons. The highest BCUT2D eigenvalue weighted by atomic mass is 16.5. The molecular weight excluding hydrogens is 374 g/mol. The second-order valence-electron chi connectivity index (χ2n) is 7.68. The summed E-state index contributed by atoms with van der Waals surface area (Å²) in [7, 11) is 0. The Kier molecular flexibility index (Phi) is 6.51. The number of anilines is 1. The van der Waals surface area contributed by atoms with Gasteiger partial charge in [0.05, 0.1) is 5.92 Å². The number of esters is 1. The van der Waals surface area contributed by atoms with Crippen molar-refractivity contribution in [3.05, 3.63) is 29.8 Å². The van der Waals surface area contributed by atoms with Gasteiger partial charge < -0.3 is 15.0 Å². The first-order valence-electron chi connectivity index (χ1n) is 10.0. The molecule has 4 amide bonds. The first-order chi connectivity index (χ1) is 13.9. The zero-order valence-electron chi connectivity index (χ0n) is 16.8. The number of urea groups is 1. The minimum absolute atomic E-state index is 0.0391. The van der Waals surface area contributed by atoms with E-state index in [1.54, 1.807) is 4.90 Å². The number of ether oxygens (including phenoxy) is 1. The lowest BCUT2D eigenvalue weighted by Gasteiger charge is -2.23. The minimum atomic E-state index is -0.695. The molecule has 0 unspecified atom stereocenters. The minimum Gasteiger partial charge on any atom is -0.455 e. The zero-order chi connectivity index (χ0) is 21.0. The van der Waals surface area contributed by atoms with Crippen molar-refractivity contribution in [3.8, 4) is 0 Å². The summed E-state index contributed by atoms with van der Waals surface area (Å²) < 4.78 is 5.03. The number of carbonyl (C=O) groups excluding carboxylic acids is 4. The molecular formula is C21H27N3O5. The Morgan fingerprint density at radius 1 is 1.24 bits per heavy atom. The average Bonchev–Trinajstić information content (AvgIpc) is 3.43. The number of nitrogens with one attached hydrogen (secondary N) is 2. The summed E-state index contributed by atoms with van der Waals surface area (Å²) in [4.78, 5) is 49.8. The Hall–Kier alpha value is -2.90. The average molecular weight is 401 g/mol. The topological polar surface area (TPSA) is 105 Å². The second-order valence-corrected chi connectivity index (χ2v) is 7.68. The second kappa shape index (κ2) is 9.07. The third-order valence-electron chi connectivity index (χ3n) is 5.34. The van der Waals surface area contributed by atoms with Gasteiger partial charge in [-0.1, -0.05) is 32.0 Å². The molecule has 1 aromatic carbocycles. The summed E-state index contributed by atoms with van der Waals surface area (Å²) in [6, 6.07) is 7.24. The molecule has 8 nitrogen and oxygen atoms in total. The quantitative estimate of drug-likeness (QED) is 0.681. The smallest absolute Gasteiger partial charge is 0.321 e. The maximum absolute atomic E-state index is 12.5. The van der Waals surface area contributed by atoms with E-state index < -0.39 is 30.4 Å². The van der Waals surface area contributed by atoms with Gasteiger partial charge in [0.25, 0.3) is 5.91 Å². The summed E-state index contributed by atoms with van der Waals surface area (Å²) in [6.07, 6.45) is 2.79. The predicted molar refractivity (Wildman–Crippen MR) is 106 cm³/mol. The van der Waals surface area contributed by atoms with Crippen molar-refractivity contribution in [1.82, 2.24) is 10.6 Å². The van der Waals surface area contributed by atoms with Gasteiger partial charge in [-0.2, -0.15) is 0 Å². The number of carbonyl (C=O) groups is 4. The van der Waals surface area contributed by atoms with Gasteiger partial charge in [0.15, 0.2) is 6.61 Å². The van der Waals surface area contributed by atoms with Crippen molar-refractivity contribution in [3.63, 3.8) is 0 Å². The third-order valence-corrected chi connectivity index (χ3v) is 5.34. The summed E-state index contributed by atoms with van der Waals surface area (Å²) >= 11 is 0. The summed E-state index contributed by atoms with van der Waals surface area (Å²) in [6.45, 7) is 3.85. The first-order valence-corrected chi connectivity index (χ1v) is 10.0. The fourth-order valence-electron chi connectivity index (χ4n) is 3.33. The Labute approximate surface area is 170 Å². The molecule has 8 heteroatoms. The van der Waals surface area contributed by atoms with Gasteiger partial charge in [0.2, 0.25) is 5.91 Å². The van der Waals surface area contributed by atoms with Crippen LogP contribution in [0.4, 0.5) is 10.5 Å². The largest absolute Gasteiger partial charge is 0.455 e. The van der Waals surface area contributed by atoms with Crippen LogP contribution in [-0.2, 0) is 19.1 Å². The molecule has 1 saturated heterocycles. The molecule has 1 aliphatic heterocycles. The van der Waals surface area contributed by atoms with Gasteiger partial charge in [0.1, 0.15) is 0 Å². The van der Waals surface area contributed by atoms with Crippen molar-refractivity contribution in [1.29, 1.82) is 0 Å². The van der Waals surface area contributed by atoms with Gasteiger partial charge >= 0.3 is 12.0 Å². The molecule has 3 rings (SSSR count). The molecule has 1 saturated carbocycles. The number of benzene rings is 1. The molecule has 156 valence electrons. The van der Waals surface area contributed by atoms with E-state index in [1.807, 2.05) is 24.3 Å². The number of rotatable bonds is 7. The number of hydrogen-bond acceptors (Lipinski definition) is 5. The van der Waals surface area contributed by atoms with Gasteiger partial charge in [-0.05, 0) is 36.8 Å². The lowest BCUT2D eigenvalue weighted by atomic mass is 9.96. The highest BCUT2D eigenvalue weighted by molar-refractivity contribution is 6.00. The highest BCUT2D eigenvalue weighted by Crippen LogP contribution is 2.33. The standard InChI is InChI=1S/C21H27N3O5/c1-3-13(2)16-6-4-5-7-17(16)24-11-14(10-19(24)26)20(27)29-12-18(25)23-21(28)22-15-8-9-15/h4-7,13-15H,3,8-12H2,1-2H3,(H2,22,23,25,28)/t13-,14+/m1/s1. The summed E-state index contributed by atoms with van der Waals surface area (Å²) in [5, 5.41) is 4.74. The molecule has 2 N–H and O–H groups in total. The van der Waals surface area contributed by atoms with E-state index >= 15 is 0 Å². The van der Waals surface area contributed by atoms with Crippen molar-refractivity contribution >= 4 is 29.5 Å². The fraction of sp³-hybridized carbons (Fsp3) is 0.524. The van der Waals surface area contributed by atoms with E-state index in [0.717, 1.165) is 30.5 Å². The van der Waals surface area contributed by atoms with Gasteiger partial charge in [0, 0.05) is 24.7 Å². The normalized spacial score (nSPS) is 19.6. The number of para-hydroxylation sites is 1. The molecule has 2 aliphatic rings. The van der Waals surface area contributed by atoms with E-state index in [-0.39, 0.29) is 30.8 Å². The maximum Gasteiger partial charge on any atom is 0.321 e. The number of amides is 4. The van der Waals surface area contributed by atoms with Gasteiger partial charge in [-0.25, -0.2) is 4.79 Å². The van der Waals surface area contributed by atoms with Crippen LogP contribution in [0.15, 0.2) is 24.3 Å². The Morgan fingerprint density at radius 2 is 1.97 bits per heavy atom. The van der Waals surface area contributed by atoms with Crippen molar-refractivity contribution in [2.45, 2.75) is 51.5 Å². The predicted octanol–water partition coefficient (Wildman–Crippen LogP) is 2.08. The van der Waals surface area contributed by atoms with Crippen LogP contribution in [0.25, 0.3) is 0 Å². The summed E-state index contributed by atoms with van der Waals surface area (Å²) in [5.41, 5.74) is 1.88. The SMILES string of the molecule is CC[C@@H](C)c1ccccc1N1C[C@@H](C(=O)OCC(=O)NC(=O)NC2CC2)CC1=O. The monoisotopic (exact) mass is 401 g/mol. The van der Waals surface area contributed by atoms with Crippen LogP contribution in [0.2, 0.25) is 0 Å². The third kappa shape index (κ3) is 5.34. The lowest BCUT2D eigenvalue weighted by Crippen LogP contribution is -2.42. The van der Waals surface area contributed by atoms with Crippen LogP contribution in [-0.4, -0.2) is 43.0 Å². The van der Waals surface area contributed by atoms with Crippen LogP contribution in [0.1, 0.15) is 51.0 Å². The highest BCUT2D eigenvalue weighted by Gasteiger charge is 2.37. The van der Waals surface area contributed by atoms with Gasteiger partial charge in [-0.3, -0.25) is 19.7 Å². The number of imide groups is 1. The van der Waals surface area contributed by atoms with Crippen molar-refractivity contribution in [2.24, 2.45) is 5.92 Å². The zero-order valence-corrected chi connectivity index (χ0v) is 16.8. The Morgan fingerprint density at radius 3 is 2.66 bits per heavy atom. The van der Waals surface area contributed by atoms with Crippen LogP contribution < -0.4 is 15.5 Å². The molecule has 1 heterocycles. The molecule has 1 aromatic rings. The van der Waals surface area contributed by atoms with E-state index in [4.69, 9.17) is 4.74 Å². The van der Waals surface area contributed by atoms with Crippen LogP contribution in [0.5, 0.6) is 0 Å². The molecule has 29 heavy (non-hydrogen) atoms. The van der Waals surface area contributed by atoms with Crippen LogP contribution >= 0.6 is 0 Å². The number of hydrogen-bond donors (Lipinski definition) is 2. The Balaban J connectivity index is 1.54. The summed E-state index contributed by atoms with van der Waals surface area (Å²) in [5.74, 6) is -1.80. The maximum atomic E-state index is 12.5. The first kappa shape index (κ1) is 20.8. The van der Waals surface area contributed by atoms with Crippen molar-refractivity contribution < 1.29 is 23.9 Å². The van der Waals surface area contributed by atoms with E-state index in [1.165, 1.54) is 0 Å². The molecule has 1 aliphatic carbocycles. The van der Waals surface area contributed by atoms with E-state index in [2.05, 4.69) is 24.5 Å². The fourth-order valence-corrected chi connectivity index (χ4v) is 3.33. The molecule has 2 atom stereocenters. The molecule has 2 fully saturated rings. The van der Waals surface area contributed by atoms with E-state index in [9.17, 15) is 19.2 Å². The number of nitrogens with zero attached hydrogens (tertiary/aromatic N) is 1. The molecule has 0 spiro atoms. The Bertz CT molecular complexity index is 805. The lowest BCUT2D eigenvalue weighted by molar-refractivity contribution is -0.152. The van der Waals surface area contributed by atoms with Crippen LogP contribution in [0, 0.1) is 5.92 Å². The van der Waals surface area contributed by atoms with Crippen LogP contribution in [0.3, 0.4) is 0 Å². The molecule has 0 bridgehead atoms. The van der Waals surface area contributed by atoms with Gasteiger partial charge in [-0.15, -0.1) is 0 Å².